The summed E-state index contributed by atoms with van der Waals surface area (Å²) >= 11 is 0. The van der Waals surface area contributed by atoms with E-state index in [4.69, 9.17) is 5.73 Å². The molecule has 1 rings (SSSR count). The Morgan fingerprint density at radius 1 is 1.59 bits per heavy atom. The van der Waals surface area contributed by atoms with Gasteiger partial charge in [-0.25, -0.2) is 0 Å². The standard InChI is InChI=1S/C13H26N2O2/c1-4-10(3)8-13(5-2,12(16)17)15-7-6-11(14)9-15/h10-11H,4-9,14H2,1-3H3,(H,16,17). The first kappa shape index (κ1) is 14.5. The zero-order chi connectivity index (χ0) is 13.1. The molecule has 1 saturated heterocycles. The van der Waals surface area contributed by atoms with E-state index in [9.17, 15) is 9.90 Å². The minimum absolute atomic E-state index is 0.136. The number of carboxylic acids is 1. The zero-order valence-electron chi connectivity index (χ0n) is 11.3. The van der Waals surface area contributed by atoms with Gasteiger partial charge in [0.25, 0.3) is 0 Å². The number of likely N-dealkylation sites (tertiary alicyclic amines) is 1. The molecule has 3 unspecified atom stereocenters. The van der Waals surface area contributed by atoms with Crippen LogP contribution in [0, 0.1) is 5.92 Å². The highest BCUT2D eigenvalue weighted by atomic mass is 16.4. The lowest BCUT2D eigenvalue weighted by molar-refractivity contribution is -0.152. The molecule has 1 aliphatic rings. The lowest BCUT2D eigenvalue weighted by atomic mass is 9.83. The number of carbonyl (C=O) groups is 1. The first-order chi connectivity index (χ1) is 7.96. The zero-order valence-corrected chi connectivity index (χ0v) is 11.3. The molecule has 3 atom stereocenters. The highest BCUT2D eigenvalue weighted by molar-refractivity contribution is 5.78. The molecule has 0 aromatic heterocycles. The lowest BCUT2D eigenvalue weighted by Gasteiger charge is -2.39. The second kappa shape index (κ2) is 5.83. The van der Waals surface area contributed by atoms with E-state index >= 15 is 0 Å². The topological polar surface area (TPSA) is 66.6 Å². The van der Waals surface area contributed by atoms with Crippen LogP contribution in [0.4, 0.5) is 0 Å². The molecule has 100 valence electrons. The van der Waals surface area contributed by atoms with Gasteiger partial charge in [-0.15, -0.1) is 0 Å². The third-order valence-electron chi connectivity index (χ3n) is 4.20. The Morgan fingerprint density at radius 3 is 2.59 bits per heavy atom. The van der Waals surface area contributed by atoms with Gasteiger partial charge in [0, 0.05) is 19.1 Å². The van der Waals surface area contributed by atoms with Gasteiger partial charge in [-0.05, 0) is 25.2 Å². The third kappa shape index (κ3) is 2.99. The Balaban J connectivity index is 2.88. The summed E-state index contributed by atoms with van der Waals surface area (Å²) in [6, 6.07) is 0.136. The molecule has 0 aromatic rings. The molecule has 0 amide bonds. The molecular formula is C13H26N2O2. The van der Waals surface area contributed by atoms with Gasteiger partial charge < -0.3 is 10.8 Å². The summed E-state index contributed by atoms with van der Waals surface area (Å²) in [6.07, 6.45) is 3.31. The number of hydrogen-bond donors (Lipinski definition) is 2. The summed E-state index contributed by atoms with van der Waals surface area (Å²) in [7, 11) is 0. The van der Waals surface area contributed by atoms with Crippen molar-refractivity contribution in [2.24, 2.45) is 11.7 Å². The number of nitrogens with two attached hydrogens (primary N) is 1. The Kier molecular flexibility index (Phi) is 4.95. The van der Waals surface area contributed by atoms with Crippen molar-refractivity contribution in [1.29, 1.82) is 0 Å². The van der Waals surface area contributed by atoms with E-state index in [1.807, 2.05) is 6.92 Å². The van der Waals surface area contributed by atoms with E-state index in [-0.39, 0.29) is 6.04 Å². The van der Waals surface area contributed by atoms with Crippen molar-refractivity contribution in [3.63, 3.8) is 0 Å². The number of aliphatic carboxylic acids is 1. The monoisotopic (exact) mass is 242 g/mol. The molecule has 0 saturated carbocycles. The van der Waals surface area contributed by atoms with E-state index in [2.05, 4.69) is 18.7 Å². The molecule has 0 aromatic carbocycles. The van der Waals surface area contributed by atoms with Gasteiger partial charge in [0.15, 0.2) is 0 Å². The minimum atomic E-state index is -0.705. The molecule has 1 aliphatic heterocycles. The summed E-state index contributed by atoms with van der Waals surface area (Å²) in [5.41, 5.74) is 5.20. The second-order valence-electron chi connectivity index (χ2n) is 5.40. The normalized spacial score (nSPS) is 26.7. The van der Waals surface area contributed by atoms with Gasteiger partial charge in [0.2, 0.25) is 0 Å². The smallest absolute Gasteiger partial charge is 0.324 e. The minimum Gasteiger partial charge on any atom is -0.480 e. The SMILES string of the molecule is CCC(C)CC(CC)(C(=O)O)N1CCC(N)C1. The largest absolute Gasteiger partial charge is 0.480 e. The Morgan fingerprint density at radius 2 is 2.24 bits per heavy atom. The van der Waals surface area contributed by atoms with E-state index in [0.717, 1.165) is 32.4 Å². The Labute approximate surface area is 104 Å². The molecular weight excluding hydrogens is 216 g/mol. The predicted octanol–water partition coefficient (Wildman–Crippen LogP) is 1.69. The lowest BCUT2D eigenvalue weighted by Crippen LogP contribution is -2.54. The van der Waals surface area contributed by atoms with E-state index < -0.39 is 11.5 Å². The second-order valence-corrected chi connectivity index (χ2v) is 5.40. The summed E-state index contributed by atoms with van der Waals surface area (Å²) in [4.78, 5) is 13.8. The number of carboxylic acid groups (broad SMARTS) is 1. The van der Waals surface area contributed by atoms with Crippen molar-refractivity contribution >= 4 is 5.97 Å². The molecule has 0 aliphatic carbocycles. The van der Waals surface area contributed by atoms with Crippen LogP contribution in [0.1, 0.15) is 46.5 Å². The number of rotatable bonds is 6. The van der Waals surface area contributed by atoms with Gasteiger partial charge >= 0.3 is 5.97 Å². The molecule has 1 heterocycles. The highest BCUT2D eigenvalue weighted by Crippen LogP contribution is 2.32. The highest BCUT2D eigenvalue weighted by Gasteiger charge is 2.45. The van der Waals surface area contributed by atoms with Crippen LogP contribution in [0.2, 0.25) is 0 Å². The van der Waals surface area contributed by atoms with Crippen LogP contribution in [0.25, 0.3) is 0 Å². The first-order valence-corrected chi connectivity index (χ1v) is 6.70. The summed E-state index contributed by atoms with van der Waals surface area (Å²) in [5, 5.41) is 9.63. The number of hydrogen-bond acceptors (Lipinski definition) is 3. The maximum Gasteiger partial charge on any atom is 0.324 e. The fourth-order valence-corrected chi connectivity index (χ4v) is 2.77. The summed E-state index contributed by atoms with van der Waals surface area (Å²) < 4.78 is 0. The van der Waals surface area contributed by atoms with E-state index in [1.54, 1.807) is 0 Å². The van der Waals surface area contributed by atoms with Crippen LogP contribution in [-0.4, -0.2) is 40.6 Å². The van der Waals surface area contributed by atoms with Gasteiger partial charge in [0.05, 0.1) is 0 Å². The molecule has 3 N–H and O–H groups in total. The molecule has 4 nitrogen and oxygen atoms in total. The van der Waals surface area contributed by atoms with Crippen molar-refractivity contribution in [3.05, 3.63) is 0 Å². The third-order valence-corrected chi connectivity index (χ3v) is 4.20. The molecule has 0 bridgehead atoms. The summed E-state index contributed by atoms with van der Waals surface area (Å²) in [5.74, 6) is -0.253. The van der Waals surface area contributed by atoms with E-state index in [1.165, 1.54) is 0 Å². The molecule has 0 radical (unpaired) electrons. The van der Waals surface area contributed by atoms with E-state index in [0.29, 0.717) is 12.3 Å². The predicted molar refractivity (Wildman–Crippen MR) is 68.9 cm³/mol. The van der Waals surface area contributed by atoms with Gasteiger partial charge in [-0.3, -0.25) is 9.69 Å². The Bertz CT molecular complexity index is 270. The van der Waals surface area contributed by atoms with Crippen molar-refractivity contribution < 1.29 is 9.90 Å². The summed E-state index contributed by atoms with van der Waals surface area (Å²) in [6.45, 7) is 7.75. The van der Waals surface area contributed by atoms with Gasteiger partial charge in [-0.2, -0.15) is 0 Å². The van der Waals surface area contributed by atoms with Gasteiger partial charge in [-0.1, -0.05) is 27.2 Å². The fraction of sp³-hybridized carbons (Fsp3) is 0.923. The van der Waals surface area contributed by atoms with Crippen LogP contribution in [0.5, 0.6) is 0 Å². The van der Waals surface area contributed by atoms with Gasteiger partial charge in [0.1, 0.15) is 5.54 Å². The Hall–Kier alpha value is -0.610. The quantitative estimate of drug-likeness (QED) is 0.744. The molecule has 4 heteroatoms. The maximum atomic E-state index is 11.7. The molecule has 1 fully saturated rings. The van der Waals surface area contributed by atoms with Crippen LogP contribution < -0.4 is 5.73 Å². The number of nitrogens with zero attached hydrogens (tertiary/aromatic N) is 1. The van der Waals surface area contributed by atoms with Crippen molar-refractivity contribution in [2.75, 3.05) is 13.1 Å². The molecule has 17 heavy (non-hydrogen) atoms. The fourth-order valence-electron chi connectivity index (χ4n) is 2.77. The van der Waals surface area contributed by atoms with Crippen LogP contribution in [0.3, 0.4) is 0 Å². The van der Waals surface area contributed by atoms with Crippen LogP contribution >= 0.6 is 0 Å². The molecule has 0 spiro atoms. The van der Waals surface area contributed by atoms with Crippen molar-refractivity contribution in [1.82, 2.24) is 4.90 Å². The van der Waals surface area contributed by atoms with Crippen LogP contribution in [-0.2, 0) is 4.79 Å². The van der Waals surface area contributed by atoms with Crippen molar-refractivity contribution in [2.45, 2.75) is 58.0 Å². The average molecular weight is 242 g/mol. The van der Waals surface area contributed by atoms with Crippen LogP contribution in [0.15, 0.2) is 0 Å². The van der Waals surface area contributed by atoms with Crippen molar-refractivity contribution in [3.8, 4) is 0 Å². The maximum absolute atomic E-state index is 11.7. The average Bonchev–Trinajstić information content (AvgIpc) is 2.72. The first-order valence-electron chi connectivity index (χ1n) is 6.70.